The van der Waals surface area contributed by atoms with Crippen molar-refractivity contribution < 1.29 is 9.53 Å². The fourth-order valence-electron chi connectivity index (χ4n) is 2.03. The second kappa shape index (κ2) is 5.12. The number of nitrogen functional groups attached to an aromatic ring is 1. The molecule has 0 saturated carbocycles. The van der Waals surface area contributed by atoms with Gasteiger partial charge in [-0.3, -0.25) is 4.79 Å². The van der Waals surface area contributed by atoms with Crippen molar-refractivity contribution in [3.05, 3.63) is 30.9 Å². The van der Waals surface area contributed by atoms with E-state index in [9.17, 15) is 4.79 Å². The summed E-state index contributed by atoms with van der Waals surface area (Å²) in [7, 11) is 0. The summed E-state index contributed by atoms with van der Waals surface area (Å²) in [6.45, 7) is 1.51. The van der Waals surface area contributed by atoms with Crippen LogP contribution in [0, 0.1) is 0 Å². The van der Waals surface area contributed by atoms with Gasteiger partial charge in [-0.05, 0) is 6.07 Å². The lowest BCUT2D eigenvalue weighted by Crippen LogP contribution is -2.25. The minimum Gasteiger partial charge on any atom is -0.482 e. The Morgan fingerprint density at radius 1 is 1.50 bits per heavy atom. The third kappa shape index (κ3) is 2.51. The molecule has 1 amide bonds. The van der Waals surface area contributed by atoms with Crippen LogP contribution in [0.3, 0.4) is 0 Å². The van der Waals surface area contributed by atoms with Crippen LogP contribution in [-0.4, -0.2) is 28.6 Å². The number of amides is 1. The SMILES string of the molecule is Nc1cc2c(cc1NCCn1ccnc1)NC(=O)CO2. The largest absolute Gasteiger partial charge is 0.482 e. The highest BCUT2D eigenvalue weighted by Crippen LogP contribution is 2.34. The van der Waals surface area contributed by atoms with E-state index in [0.717, 1.165) is 12.2 Å². The number of aromatic nitrogens is 2. The average Bonchev–Trinajstić information content (AvgIpc) is 2.93. The topological polar surface area (TPSA) is 94.2 Å². The van der Waals surface area contributed by atoms with E-state index in [4.69, 9.17) is 10.5 Å². The first-order chi connectivity index (χ1) is 9.72. The van der Waals surface area contributed by atoms with E-state index in [-0.39, 0.29) is 12.5 Å². The number of fused-ring (bicyclic) bond motifs is 1. The van der Waals surface area contributed by atoms with Crippen LogP contribution in [0.25, 0.3) is 0 Å². The first-order valence-electron chi connectivity index (χ1n) is 6.28. The number of rotatable bonds is 4. The van der Waals surface area contributed by atoms with Crippen LogP contribution in [0.1, 0.15) is 0 Å². The van der Waals surface area contributed by atoms with Gasteiger partial charge in [-0.15, -0.1) is 0 Å². The summed E-state index contributed by atoms with van der Waals surface area (Å²) in [4.78, 5) is 15.3. The zero-order valence-corrected chi connectivity index (χ0v) is 10.8. The maximum Gasteiger partial charge on any atom is 0.262 e. The number of carbonyl (C=O) groups is 1. The molecule has 0 aliphatic carbocycles. The number of nitrogens with zero attached hydrogens (tertiary/aromatic N) is 2. The fraction of sp³-hybridized carbons (Fsp3) is 0.231. The zero-order valence-electron chi connectivity index (χ0n) is 10.8. The van der Waals surface area contributed by atoms with Crippen molar-refractivity contribution in [2.45, 2.75) is 6.54 Å². The molecule has 2 aromatic rings. The maximum atomic E-state index is 11.3. The third-order valence-corrected chi connectivity index (χ3v) is 3.03. The van der Waals surface area contributed by atoms with Crippen LogP contribution < -0.4 is 21.1 Å². The van der Waals surface area contributed by atoms with Gasteiger partial charge >= 0.3 is 0 Å². The Kier molecular flexibility index (Phi) is 3.16. The van der Waals surface area contributed by atoms with E-state index in [2.05, 4.69) is 15.6 Å². The lowest BCUT2D eigenvalue weighted by Gasteiger charge is -2.20. The van der Waals surface area contributed by atoms with Crippen LogP contribution in [0.4, 0.5) is 17.1 Å². The van der Waals surface area contributed by atoms with Crippen LogP contribution in [0.2, 0.25) is 0 Å². The van der Waals surface area contributed by atoms with Gasteiger partial charge in [0.25, 0.3) is 5.91 Å². The fourth-order valence-corrected chi connectivity index (χ4v) is 2.03. The monoisotopic (exact) mass is 273 g/mol. The number of benzene rings is 1. The predicted octanol–water partition coefficient (Wildman–Crippen LogP) is 0.908. The Morgan fingerprint density at radius 3 is 3.20 bits per heavy atom. The van der Waals surface area contributed by atoms with Crippen LogP contribution in [0.5, 0.6) is 5.75 Å². The Labute approximate surface area is 115 Å². The quantitative estimate of drug-likeness (QED) is 0.720. The Balaban J connectivity index is 1.69. The van der Waals surface area contributed by atoms with Crippen molar-refractivity contribution in [3.8, 4) is 5.75 Å². The lowest BCUT2D eigenvalue weighted by atomic mass is 10.2. The van der Waals surface area contributed by atoms with Gasteiger partial charge in [0.2, 0.25) is 0 Å². The van der Waals surface area contributed by atoms with Crippen molar-refractivity contribution in [1.82, 2.24) is 9.55 Å². The summed E-state index contributed by atoms with van der Waals surface area (Å²) >= 11 is 0. The van der Waals surface area contributed by atoms with Gasteiger partial charge in [0.1, 0.15) is 5.75 Å². The molecule has 2 heterocycles. The van der Waals surface area contributed by atoms with Gasteiger partial charge in [-0.25, -0.2) is 4.98 Å². The van der Waals surface area contributed by atoms with Gasteiger partial charge in [-0.1, -0.05) is 0 Å². The summed E-state index contributed by atoms with van der Waals surface area (Å²) in [5.41, 5.74) is 7.97. The molecule has 0 atom stereocenters. The predicted molar refractivity (Wildman–Crippen MR) is 75.7 cm³/mol. The normalized spacial score (nSPS) is 13.3. The number of nitrogens with two attached hydrogens (primary N) is 1. The van der Waals surface area contributed by atoms with Gasteiger partial charge in [0.05, 0.1) is 23.4 Å². The van der Waals surface area contributed by atoms with Gasteiger partial charge in [-0.2, -0.15) is 0 Å². The molecule has 0 bridgehead atoms. The molecular weight excluding hydrogens is 258 g/mol. The van der Waals surface area contributed by atoms with Crippen LogP contribution >= 0.6 is 0 Å². The van der Waals surface area contributed by atoms with Crippen molar-refractivity contribution in [1.29, 1.82) is 0 Å². The number of hydrogen-bond donors (Lipinski definition) is 3. The second-order valence-corrected chi connectivity index (χ2v) is 4.50. The molecule has 1 aliphatic heterocycles. The maximum absolute atomic E-state index is 11.3. The molecule has 1 aromatic carbocycles. The number of imidazole rings is 1. The Hall–Kier alpha value is -2.70. The smallest absolute Gasteiger partial charge is 0.262 e. The minimum atomic E-state index is -0.161. The molecule has 0 fully saturated rings. The summed E-state index contributed by atoms with van der Waals surface area (Å²) in [5, 5.41) is 5.99. The Morgan fingerprint density at radius 2 is 2.40 bits per heavy atom. The van der Waals surface area contributed by atoms with E-state index >= 15 is 0 Å². The molecule has 0 unspecified atom stereocenters. The van der Waals surface area contributed by atoms with Crippen LogP contribution in [0.15, 0.2) is 30.9 Å². The minimum absolute atomic E-state index is 0.0276. The number of carbonyl (C=O) groups excluding carboxylic acids is 1. The molecule has 7 heteroatoms. The second-order valence-electron chi connectivity index (χ2n) is 4.50. The number of nitrogens with one attached hydrogen (secondary N) is 2. The molecule has 7 nitrogen and oxygen atoms in total. The van der Waals surface area contributed by atoms with Crippen molar-refractivity contribution in [2.75, 3.05) is 29.5 Å². The number of anilines is 3. The summed E-state index contributed by atoms with van der Waals surface area (Å²) < 4.78 is 7.27. The molecule has 104 valence electrons. The summed E-state index contributed by atoms with van der Waals surface area (Å²) in [6, 6.07) is 3.50. The van der Waals surface area contributed by atoms with Gasteiger partial charge in [0.15, 0.2) is 6.61 Å². The lowest BCUT2D eigenvalue weighted by molar-refractivity contribution is -0.118. The highest BCUT2D eigenvalue weighted by atomic mass is 16.5. The summed E-state index contributed by atoms with van der Waals surface area (Å²) in [5.74, 6) is 0.439. The number of ether oxygens (including phenoxy) is 1. The van der Waals surface area contributed by atoms with Crippen molar-refractivity contribution >= 4 is 23.0 Å². The molecular formula is C13H15N5O2. The molecule has 1 aliphatic rings. The van der Waals surface area contributed by atoms with E-state index in [1.165, 1.54) is 0 Å². The zero-order chi connectivity index (χ0) is 13.9. The van der Waals surface area contributed by atoms with Gasteiger partial charge < -0.3 is 25.7 Å². The first-order valence-corrected chi connectivity index (χ1v) is 6.28. The molecule has 4 N–H and O–H groups in total. The van der Waals surface area contributed by atoms with E-state index < -0.39 is 0 Å². The molecule has 0 spiro atoms. The highest BCUT2D eigenvalue weighted by molar-refractivity contribution is 5.97. The molecule has 1 aromatic heterocycles. The third-order valence-electron chi connectivity index (χ3n) is 3.03. The average molecular weight is 273 g/mol. The van der Waals surface area contributed by atoms with E-state index in [1.54, 1.807) is 24.7 Å². The molecule has 3 rings (SSSR count). The highest BCUT2D eigenvalue weighted by Gasteiger charge is 2.17. The van der Waals surface area contributed by atoms with Crippen LogP contribution in [-0.2, 0) is 11.3 Å². The Bertz CT molecular complexity index is 624. The molecule has 20 heavy (non-hydrogen) atoms. The standard InChI is InChI=1S/C13H15N5O2/c14-9-5-12-11(17-13(19)7-20-12)6-10(9)16-2-4-18-3-1-15-8-18/h1,3,5-6,8,16H,2,4,7,14H2,(H,17,19). The summed E-state index contributed by atoms with van der Waals surface area (Å²) in [6.07, 6.45) is 5.39. The van der Waals surface area contributed by atoms with Crippen molar-refractivity contribution in [3.63, 3.8) is 0 Å². The number of hydrogen-bond acceptors (Lipinski definition) is 5. The van der Waals surface area contributed by atoms with E-state index in [1.807, 2.05) is 10.8 Å². The van der Waals surface area contributed by atoms with E-state index in [0.29, 0.717) is 23.7 Å². The first kappa shape index (κ1) is 12.3. The van der Waals surface area contributed by atoms with Gasteiger partial charge in [0, 0.05) is 31.5 Å². The molecule has 0 saturated heterocycles. The van der Waals surface area contributed by atoms with Crippen molar-refractivity contribution in [2.24, 2.45) is 0 Å². The molecule has 0 radical (unpaired) electrons.